The smallest absolute Gasteiger partial charge is 0.313 e. The minimum Gasteiger partial charge on any atom is -0.466 e. The molecule has 0 aromatic rings. The van der Waals surface area contributed by atoms with Crippen molar-refractivity contribution in [1.29, 1.82) is 0 Å². The molecule has 0 aromatic heterocycles. The van der Waals surface area contributed by atoms with E-state index in [4.69, 9.17) is 4.74 Å². The Morgan fingerprint density at radius 1 is 1.41 bits per heavy atom. The Balaban J connectivity index is 2.13. The first-order valence-electron chi connectivity index (χ1n) is 6.45. The molecule has 0 N–H and O–H groups in total. The molecule has 0 radical (unpaired) electrons. The molecule has 2 aliphatic rings. The molecule has 0 bridgehead atoms. The van der Waals surface area contributed by atoms with Crippen LogP contribution >= 0.6 is 0 Å². The van der Waals surface area contributed by atoms with Crippen LogP contribution in [-0.4, -0.2) is 18.4 Å². The fourth-order valence-electron chi connectivity index (χ4n) is 3.28. The fraction of sp³-hybridized carbons (Fsp3) is 0.714. The number of Topliss-reactive ketones (excluding diaryl/α,β-unsaturated/α-hetero) is 1. The van der Waals surface area contributed by atoms with E-state index in [9.17, 15) is 9.59 Å². The van der Waals surface area contributed by atoms with Crippen LogP contribution in [0.5, 0.6) is 0 Å². The third-order valence-corrected chi connectivity index (χ3v) is 4.18. The van der Waals surface area contributed by atoms with Gasteiger partial charge in [0.2, 0.25) is 0 Å². The van der Waals surface area contributed by atoms with Gasteiger partial charge in [0.1, 0.15) is 5.78 Å². The van der Waals surface area contributed by atoms with E-state index >= 15 is 0 Å². The maximum atomic E-state index is 11.8. The van der Waals surface area contributed by atoms with E-state index in [-0.39, 0.29) is 29.5 Å². The van der Waals surface area contributed by atoms with Crippen molar-refractivity contribution < 1.29 is 14.3 Å². The standard InChI is InChI=1S/C14H20O3/c1-4-17-14(16)12-7-10-5-6-11(9(3)15)8(2)13(10)12/h8,11-12H,4-7H2,1-3H3/t8-,11?,12?/m1/s1. The highest BCUT2D eigenvalue weighted by molar-refractivity contribution is 5.82. The molecule has 2 aliphatic carbocycles. The molecular weight excluding hydrogens is 216 g/mol. The molecule has 2 rings (SSSR count). The van der Waals surface area contributed by atoms with Crippen molar-refractivity contribution in [1.82, 2.24) is 0 Å². The van der Waals surface area contributed by atoms with Gasteiger partial charge in [0.15, 0.2) is 0 Å². The molecule has 3 nitrogen and oxygen atoms in total. The Hall–Kier alpha value is -1.12. The molecule has 0 aromatic carbocycles. The van der Waals surface area contributed by atoms with Crippen LogP contribution in [0.25, 0.3) is 0 Å². The Kier molecular flexibility index (Phi) is 3.36. The molecule has 0 spiro atoms. The van der Waals surface area contributed by atoms with Crippen LogP contribution in [0.3, 0.4) is 0 Å². The zero-order chi connectivity index (χ0) is 12.6. The molecule has 0 heterocycles. The average Bonchev–Trinajstić information content (AvgIpc) is 2.20. The largest absolute Gasteiger partial charge is 0.466 e. The van der Waals surface area contributed by atoms with Gasteiger partial charge < -0.3 is 4.74 Å². The van der Waals surface area contributed by atoms with E-state index in [0.717, 1.165) is 19.3 Å². The summed E-state index contributed by atoms with van der Waals surface area (Å²) in [7, 11) is 0. The summed E-state index contributed by atoms with van der Waals surface area (Å²) >= 11 is 0. The molecular formula is C14H20O3. The van der Waals surface area contributed by atoms with Crippen LogP contribution in [0.15, 0.2) is 11.1 Å². The molecule has 17 heavy (non-hydrogen) atoms. The number of rotatable bonds is 3. The monoisotopic (exact) mass is 236 g/mol. The van der Waals surface area contributed by atoms with Crippen LogP contribution in [-0.2, 0) is 14.3 Å². The Bertz CT molecular complexity index is 381. The lowest BCUT2D eigenvalue weighted by molar-refractivity contribution is -0.148. The third-order valence-electron chi connectivity index (χ3n) is 4.18. The highest BCUT2D eigenvalue weighted by Crippen LogP contribution is 2.49. The third kappa shape index (κ3) is 2.03. The summed E-state index contributed by atoms with van der Waals surface area (Å²) in [5.74, 6) is 0.397. The van der Waals surface area contributed by atoms with Crippen LogP contribution in [0.2, 0.25) is 0 Å². The van der Waals surface area contributed by atoms with Crippen LogP contribution in [0.4, 0.5) is 0 Å². The van der Waals surface area contributed by atoms with E-state index in [0.29, 0.717) is 6.61 Å². The van der Waals surface area contributed by atoms with Gasteiger partial charge in [-0.2, -0.15) is 0 Å². The summed E-state index contributed by atoms with van der Waals surface area (Å²) < 4.78 is 5.08. The topological polar surface area (TPSA) is 43.4 Å². The number of carbonyl (C=O) groups excluding carboxylic acids is 2. The second kappa shape index (κ2) is 4.63. The summed E-state index contributed by atoms with van der Waals surface area (Å²) in [6, 6.07) is 0. The van der Waals surface area contributed by atoms with Gasteiger partial charge in [0, 0.05) is 5.92 Å². The minimum absolute atomic E-state index is 0.0675. The second-order valence-corrected chi connectivity index (χ2v) is 5.11. The number of ether oxygens (including phenoxy) is 1. The zero-order valence-corrected chi connectivity index (χ0v) is 10.8. The summed E-state index contributed by atoms with van der Waals surface area (Å²) in [6.45, 7) is 5.99. The Morgan fingerprint density at radius 3 is 2.71 bits per heavy atom. The van der Waals surface area contributed by atoms with Gasteiger partial charge >= 0.3 is 5.97 Å². The lowest BCUT2D eigenvalue weighted by atomic mass is 9.62. The first kappa shape index (κ1) is 12.3. The molecule has 0 fully saturated rings. The number of hydrogen-bond acceptors (Lipinski definition) is 3. The van der Waals surface area contributed by atoms with Crippen LogP contribution in [0.1, 0.15) is 40.0 Å². The van der Waals surface area contributed by atoms with Gasteiger partial charge in [0.25, 0.3) is 0 Å². The molecule has 0 amide bonds. The SMILES string of the molecule is CCOC(=O)C1CC2=C1[C@H](C)C(C(C)=O)CC2. The summed E-state index contributed by atoms with van der Waals surface area (Å²) in [4.78, 5) is 23.3. The van der Waals surface area contributed by atoms with Crippen molar-refractivity contribution in [2.45, 2.75) is 40.0 Å². The highest BCUT2D eigenvalue weighted by atomic mass is 16.5. The van der Waals surface area contributed by atoms with Gasteiger partial charge in [-0.3, -0.25) is 9.59 Å². The molecule has 0 aliphatic heterocycles. The van der Waals surface area contributed by atoms with Crippen molar-refractivity contribution in [3.8, 4) is 0 Å². The van der Waals surface area contributed by atoms with E-state index in [1.165, 1.54) is 11.1 Å². The molecule has 2 unspecified atom stereocenters. The Morgan fingerprint density at radius 2 is 2.12 bits per heavy atom. The van der Waals surface area contributed by atoms with Crippen molar-refractivity contribution in [2.75, 3.05) is 6.61 Å². The number of hydrogen-bond donors (Lipinski definition) is 0. The van der Waals surface area contributed by atoms with Crippen molar-refractivity contribution in [3.05, 3.63) is 11.1 Å². The predicted octanol–water partition coefficient (Wildman–Crippen LogP) is 2.50. The second-order valence-electron chi connectivity index (χ2n) is 5.11. The lowest BCUT2D eigenvalue weighted by Crippen LogP contribution is -2.38. The quantitative estimate of drug-likeness (QED) is 0.558. The first-order chi connectivity index (χ1) is 8.06. The van der Waals surface area contributed by atoms with E-state index in [1.54, 1.807) is 6.92 Å². The fourth-order valence-corrected chi connectivity index (χ4v) is 3.28. The van der Waals surface area contributed by atoms with Crippen molar-refractivity contribution >= 4 is 11.8 Å². The average molecular weight is 236 g/mol. The van der Waals surface area contributed by atoms with Gasteiger partial charge in [0.05, 0.1) is 12.5 Å². The lowest BCUT2D eigenvalue weighted by Gasteiger charge is -2.42. The van der Waals surface area contributed by atoms with Crippen LogP contribution < -0.4 is 0 Å². The number of allylic oxidation sites excluding steroid dienone is 1. The predicted molar refractivity (Wildman–Crippen MR) is 64.3 cm³/mol. The van der Waals surface area contributed by atoms with Gasteiger partial charge in [-0.15, -0.1) is 0 Å². The molecule has 3 heteroatoms. The van der Waals surface area contributed by atoms with E-state index in [1.807, 2.05) is 6.92 Å². The zero-order valence-electron chi connectivity index (χ0n) is 10.8. The normalized spacial score (nSPS) is 31.6. The molecule has 0 saturated carbocycles. The number of carbonyl (C=O) groups is 2. The summed E-state index contributed by atoms with van der Waals surface area (Å²) in [6.07, 6.45) is 2.79. The molecule has 94 valence electrons. The van der Waals surface area contributed by atoms with Crippen molar-refractivity contribution in [2.24, 2.45) is 17.8 Å². The highest BCUT2D eigenvalue weighted by Gasteiger charge is 2.44. The summed E-state index contributed by atoms with van der Waals surface area (Å²) in [5.41, 5.74) is 2.60. The molecule has 3 atom stereocenters. The van der Waals surface area contributed by atoms with Gasteiger partial charge in [-0.05, 0) is 39.0 Å². The number of ketones is 1. The maximum Gasteiger partial charge on any atom is 0.313 e. The summed E-state index contributed by atoms with van der Waals surface area (Å²) in [5, 5.41) is 0. The minimum atomic E-state index is -0.109. The first-order valence-corrected chi connectivity index (χ1v) is 6.45. The maximum absolute atomic E-state index is 11.8. The van der Waals surface area contributed by atoms with Crippen LogP contribution in [0, 0.1) is 17.8 Å². The Labute approximate surface area is 102 Å². The number of esters is 1. The van der Waals surface area contributed by atoms with Crippen molar-refractivity contribution in [3.63, 3.8) is 0 Å². The van der Waals surface area contributed by atoms with Gasteiger partial charge in [-0.1, -0.05) is 18.1 Å². The molecule has 0 saturated heterocycles. The van der Waals surface area contributed by atoms with E-state index < -0.39 is 0 Å². The van der Waals surface area contributed by atoms with Gasteiger partial charge in [-0.25, -0.2) is 0 Å². The van der Waals surface area contributed by atoms with E-state index in [2.05, 4.69) is 6.92 Å².